The second-order valence-electron chi connectivity index (χ2n) is 5.52. The van der Waals surface area contributed by atoms with E-state index in [1.807, 2.05) is 45.9 Å². The highest BCUT2D eigenvalue weighted by Gasteiger charge is 2.13. The molecule has 0 bridgehead atoms. The molecule has 0 saturated heterocycles. The van der Waals surface area contributed by atoms with Gasteiger partial charge in [-0.2, -0.15) is 9.61 Å². The predicted octanol–water partition coefficient (Wildman–Crippen LogP) is 3.06. The zero-order valence-corrected chi connectivity index (χ0v) is 13.7. The number of anilines is 1. The number of benzene rings is 1. The zero-order chi connectivity index (χ0) is 15.9. The lowest BCUT2D eigenvalue weighted by Crippen LogP contribution is -2.18. The van der Waals surface area contributed by atoms with Crippen LogP contribution in [0.5, 0.6) is 0 Å². The zero-order valence-electron chi connectivity index (χ0n) is 12.9. The van der Waals surface area contributed by atoms with Crippen molar-refractivity contribution in [2.45, 2.75) is 27.7 Å². The molecule has 2 aromatic heterocycles. The van der Waals surface area contributed by atoms with Crippen LogP contribution in [-0.2, 0) is 4.79 Å². The van der Waals surface area contributed by atoms with Crippen LogP contribution in [0.4, 0.5) is 5.69 Å². The Morgan fingerprint density at radius 2 is 2.05 bits per heavy atom. The van der Waals surface area contributed by atoms with Gasteiger partial charge >= 0.3 is 0 Å². The molecule has 0 spiro atoms. The minimum atomic E-state index is -0.0405. The molecule has 0 radical (unpaired) electrons. The highest BCUT2D eigenvalue weighted by atomic mass is 32.1. The number of aromatic nitrogens is 4. The van der Waals surface area contributed by atoms with Crippen LogP contribution in [0.2, 0.25) is 0 Å². The van der Waals surface area contributed by atoms with Crippen molar-refractivity contribution in [1.29, 1.82) is 0 Å². The first-order chi connectivity index (χ1) is 10.5. The lowest BCUT2D eigenvalue weighted by molar-refractivity contribution is -0.118. The first kappa shape index (κ1) is 14.6. The topological polar surface area (TPSA) is 72.2 Å². The molecule has 3 aromatic rings. The molecular formula is C15H17N5OS. The first-order valence-corrected chi connectivity index (χ1v) is 7.88. The van der Waals surface area contributed by atoms with E-state index in [0.29, 0.717) is 0 Å². The van der Waals surface area contributed by atoms with Crippen LogP contribution in [-0.4, -0.2) is 25.7 Å². The summed E-state index contributed by atoms with van der Waals surface area (Å²) >= 11 is 1.50. The molecule has 0 unspecified atom stereocenters. The van der Waals surface area contributed by atoms with Crippen LogP contribution in [0.3, 0.4) is 0 Å². The molecule has 0 fully saturated rings. The molecule has 22 heavy (non-hydrogen) atoms. The van der Waals surface area contributed by atoms with Crippen LogP contribution in [0.15, 0.2) is 18.2 Å². The summed E-state index contributed by atoms with van der Waals surface area (Å²) in [6.07, 6.45) is 0. The van der Waals surface area contributed by atoms with Crippen LogP contribution < -0.4 is 5.32 Å². The van der Waals surface area contributed by atoms with Crippen molar-refractivity contribution in [3.63, 3.8) is 0 Å². The number of fused-ring (bicyclic) bond motifs is 1. The molecule has 0 aliphatic carbocycles. The van der Waals surface area contributed by atoms with E-state index in [4.69, 9.17) is 0 Å². The third kappa shape index (κ3) is 2.59. The van der Waals surface area contributed by atoms with Crippen LogP contribution >= 0.6 is 11.3 Å². The Hall–Kier alpha value is -2.28. The lowest BCUT2D eigenvalue weighted by Gasteiger charge is -2.11. The normalized spacial score (nSPS) is 11.3. The van der Waals surface area contributed by atoms with Crippen LogP contribution in [0.1, 0.15) is 25.2 Å². The molecule has 0 aliphatic heterocycles. The number of nitrogens with one attached hydrogen (secondary N) is 1. The fourth-order valence-corrected chi connectivity index (χ4v) is 2.93. The van der Waals surface area contributed by atoms with E-state index < -0.39 is 0 Å². The Morgan fingerprint density at radius 3 is 2.68 bits per heavy atom. The Bertz CT molecular complexity index is 849. The van der Waals surface area contributed by atoms with Gasteiger partial charge in [0.05, 0.1) is 0 Å². The number of hydrogen-bond donors (Lipinski definition) is 1. The predicted molar refractivity (Wildman–Crippen MR) is 87.0 cm³/mol. The second kappa shape index (κ2) is 5.49. The Labute approximate surface area is 132 Å². The molecular weight excluding hydrogens is 298 g/mol. The lowest BCUT2D eigenvalue weighted by atomic mass is 10.1. The number of amides is 1. The number of rotatable bonds is 3. The van der Waals surface area contributed by atoms with Crippen LogP contribution in [0, 0.1) is 19.8 Å². The van der Waals surface area contributed by atoms with Gasteiger partial charge in [0.2, 0.25) is 10.9 Å². The van der Waals surface area contributed by atoms with E-state index in [-0.39, 0.29) is 11.8 Å². The minimum absolute atomic E-state index is 0.0188. The second-order valence-corrected chi connectivity index (χ2v) is 6.48. The molecule has 2 heterocycles. The molecule has 114 valence electrons. The summed E-state index contributed by atoms with van der Waals surface area (Å²) in [5, 5.41) is 16.4. The molecule has 0 atom stereocenters. The molecule has 0 saturated carbocycles. The third-order valence-corrected chi connectivity index (χ3v) is 4.35. The smallest absolute Gasteiger partial charge is 0.234 e. The van der Waals surface area contributed by atoms with E-state index in [1.54, 1.807) is 4.52 Å². The molecule has 7 heteroatoms. The maximum absolute atomic E-state index is 11.8. The number of carbonyl (C=O) groups excluding carboxylic acids is 1. The molecule has 1 aromatic carbocycles. The summed E-state index contributed by atoms with van der Waals surface area (Å²) in [6.45, 7) is 7.60. The number of hydrogen-bond acceptors (Lipinski definition) is 5. The van der Waals surface area contributed by atoms with Gasteiger partial charge in [0.25, 0.3) is 0 Å². The Balaban J connectivity index is 1.92. The quantitative estimate of drug-likeness (QED) is 0.806. The standard InChI is InChI=1S/C15H17N5OS/c1-8(2)13(21)16-12-6-5-11(7-9(12)3)14-19-20-10(4)17-18-15(20)22-14/h5-8H,1-4H3,(H,16,21). The maximum Gasteiger partial charge on any atom is 0.234 e. The minimum Gasteiger partial charge on any atom is -0.326 e. The van der Waals surface area contributed by atoms with Crippen LogP contribution in [0.25, 0.3) is 15.5 Å². The van der Waals surface area contributed by atoms with Crippen molar-refractivity contribution in [2.24, 2.45) is 5.92 Å². The average Bonchev–Trinajstić information content (AvgIpc) is 3.03. The summed E-state index contributed by atoms with van der Waals surface area (Å²) in [6, 6.07) is 5.90. The molecule has 1 N–H and O–H groups in total. The Kier molecular flexibility index (Phi) is 3.66. The van der Waals surface area contributed by atoms with Gasteiger partial charge in [-0.05, 0) is 37.6 Å². The van der Waals surface area contributed by atoms with Gasteiger partial charge in [-0.3, -0.25) is 4.79 Å². The van der Waals surface area contributed by atoms with E-state index in [0.717, 1.165) is 32.6 Å². The van der Waals surface area contributed by atoms with Crippen molar-refractivity contribution in [3.05, 3.63) is 29.6 Å². The average molecular weight is 315 g/mol. The van der Waals surface area contributed by atoms with E-state index in [1.165, 1.54) is 11.3 Å². The monoisotopic (exact) mass is 315 g/mol. The van der Waals surface area contributed by atoms with Gasteiger partial charge in [-0.1, -0.05) is 25.2 Å². The van der Waals surface area contributed by atoms with Crippen molar-refractivity contribution in [3.8, 4) is 10.6 Å². The summed E-state index contributed by atoms with van der Waals surface area (Å²) in [7, 11) is 0. The van der Waals surface area contributed by atoms with Gasteiger partial charge in [0, 0.05) is 17.2 Å². The fraction of sp³-hybridized carbons (Fsp3) is 0.333. The largest absolute Gasteiger partial charge is 0.326 e. The highest BCUT2D eigenvalue weighted by Crippen LogP contribution is 2.28. The fourth-order valence-electron chi connectivity index (χ4n) is 2.05. The van der Waals surface area contributed by atoms with Crippen molar-refractivity contribution in [2.75, 3.05) is 5.32 Å². The summed E-state index contributed by atoms with van der Waals surface area (Å²) in [5.41, 5.74) is 2.85. The maximum atomic E-state index is 11.8. The number of nitrogens with zero attached hydrogens (tertiary/aromatic N) is 4. The van der Waals surface area contributed by atoms with Crippen molar-refractivity contribution in [1.82, 2.24) is 19.8 Å². The summed E-state index contributed by atoms with van der Waals surface area (Å²) < 4.78 is 1.74. The summed E-state index contributed by atoms with van der Waals surface area (Å²) in [4.78, 5) is 12.6. The number of carbonyl (C=O) groups is 1. The van der Waals surface area contributed by atoms with E-state index in [2.05, 4.69) is 20.6 Å². The van der Waals surface area contributed by atoms with Gasteiger partial charge in [-0.15, -0.1) is 10.2 Å². The summed E-state index contributed by atoms with van der Waals surface area (Å²) in [5.74, 6) is 0.751. The third-order valence-electron chi connectivity index (χ3n) is 3.40. The molecule has 3 rings (SSSR count). The molecule has 1 amide bonds. The molecule has 0 aliphatic rings. The van der Waals surface area contributed by atoms with E-state index >= 15 is 0 Å². The number of aryl methyl sites for hydroxylation is 2. The highest BCUT2D eigenvalue weighted by molar-refractivity contribution is 7.19. The van der Waals surface area contributed by atoms with Crippen molar-refractivity contribution < 1.29 is 4.79 Å². The van der Waals surface area contributed by atoms with Gasteiger partial charge in [0.15, 0.2) is 5.82 Å². The Morgan fingerprint density at radius 1 is 1.27 bits per heavy atom. The van der Waals surface area contributed by atoms with E-state index in [9.17, 15) is 4.79 Å². The van der Waals surface area contributed by atoms with Gasteiger partial charge in [-0.25, -0.2) is 0 Å². The first-order valence-electron chi connectivity index (χ1n) is 7.06. The van der Waals surface area contributed by atoms with Crippen molar-refractivity contribution >= 4 is 27.9 Å². The van der Waals surface area contributed by atoms with Gasteiger partial charge in [0.1, 0.15) is 5.01 Å². The SMILES string of the molecule is Cc1cc(-c2nn3c(C)nnc3s2)ccc1NC(=O)C(C)C. The molecule has 6 nitrogen and oxygen atoms in total. The van der Waals surface area contributed by atoms with Gasteiger partial charge < -0.3 is 5.32 Å².